The van der Waals surface area contributed by atoms with Crippen molar-refractivity contribution in [3.05, 3.63) is 71.6 Å². The van der Waals surface area contributed by atoms with E-state index in [1.54, 1.807) is 19.2 Å². The van der Waals surface area contributed by atoms with Crippen LogP contribution < -0.4 is 10.0 Å². The van der Waals surface area contributed by atoms with Gasteiger partial charge in [-0.3, -0.25) is 19.5 Å². The maximum absolute atomic E-state index is 13.6. The van der Waals surface area contributed by atoms with Crippen LogP contribution in [0.3, 0.4) is 0 Å². The Balaban J connectivity index is 1.50. The number of rotatable bonds is 4. The number of imide groups is 1. The third kappa shape index (κ3) is 3.27. The molecule has 3 amide bonds. The fourth-order valence-corrected chi connectivity index (χ4v) is 5.13. The summed E-state index contributed by atoms with van der Waals surface area (Å²) in [6.45, 7) is 3.98. The Kier molecular flexibility index (Phi) is 4.99. The largest absolute Gasteiger partial charge is 0.328 e. The van der Waals surface area contributed by atoms with Gasteiger partial charge < -0.3 is 4.90 Å². The minimum atomic E-state index is -3.82. The number of amides is 3. The van der Waals surface area contributed by atoms with Crippen LogP contribution >= 0.6 is 0 Å². The molecule has 0 saturated carbocycles. The molecule has 1 saturated heterocycles. The number of carbonyl (C=O) groups excluding carboxylic acids is 2. The van der Waals surface area contributed by atoms with E-state index < -0.39 is 28.3 Å². The number of allylic oxidation sites excluding steroid dienone is 2. The van der Waals surface area contributed by atoms with Gasteiger partial charge >= 0.3 is 6.03 Å². The number of hydrogen-bond donors (Lipinski definition) is 1. The summed E-state index contributed by atoms with van der Waals surface area (Å²) >= 11 is 0. The minimum absolute atomic E-state index is 0.00440. The Hall–Kier alpha value is -3.70. The molecule has 3 aliphatic heterocycles. The van der Waals surface area contributed by atoms with Crippen LogP contribution in [0.5, 0.6) is 0 Å². The molecular weight excluding hydrogens is 456 g/mol. The molecule has 2 atom stereocenters. The molecule has 0 aliphatic carbocycles. The van der Waals surface area contributed by atoms with Crippen molar-refractivity contribution in [2.45, 2.75) is 37.5 Å². The minimum Gasteiger partial charge on any atom is -0.302 e. The fraction of sp³-hybridized carbons (Fsp3) is 0.261. The van der Waals surface area contributed by atoms with E-state index in [4.69, 9.17) is 10.1 Å². The fourth-order valence-electron chi connectivity index (χ4n) is 4.62. The molecule has 2 N–H and O–H groups in total. The second-order valence-electron chi connectivity index (χ2n) is 8.51. The van der Waals surface area contributed by atoms with E-state index >= 15 is 0 Å². The molecule has 1 fully saturated rings. The summed E-state index contributed by atoms with van der Waals surface area (Å²) in [6, 6.07) is 14.4. The van der Waals surface area contributed by atoms with Crippen LogP contribution in [0.25, 0.3) is 0 Å². The summed E-state index contributed by atoms with van der Waals surface area (Å²) < 4.78 is 23.3. The van der Waals surface area contributed by atoms with Gasteiger partial charge in [-0.15, -0.1) is 0 Å². The third-order valence-corrected chi connectivity index (χ3v) is 7.43. The predicted molar refractivity (Wildman–Crippen MR) is 126 cm³/mol. The number of carbonyl (C=O) groups is 2. The summed E-state index contributed by atoms with van der Waals surface area (Å²) in [4.78, 5) is 37.9. The highest BCUT2D eigenvalue weighted by Crippen LogP contribution is 2.40. The van der Waals surface area contributed by atoms with Crippen molar-refractivity contribution in [1.82, 2.24) is 14.7 Å². The van der Waals surface area contributed by atoms with Crippen molar-refractivity contribution in [1.29, 1.82) is 0 Å². The number of likely N-dealkylation sites (N-methyl/N-ethyl adjacent to an activating group) is 1. The second-order valence-corrected chi connectivity index (χ2v) is 10.1. The molecule has 176 valence electrons. The average Bonchev–Trinajstić information content (AvgIpc) is 3.31. The Labute approximate surface area is 197 Å². The number of primary sulfonamides is 1. The predicted octanol–water partition coefficient (Wildman–Crippen LogP) is 1.87. The number of guanidine groups is 1. The molecule has 5 rings (SSSR count). The van der Waals surface area contributed by atoms with Crippen molar-refractivity contribution in [2.75, 3.05) is 11.9 Å². The number of benzene rings is 2. The van der Waals surface area contributed by atoms with Crippen LogP contribution in [0, 0.1) is 0 Å². The first-order chi connectivity index (χ1) is 16.1. The maximum Gasteiger partial charge on any atom is 0.328 e. The Morgan fingerprint density at radius 3 is 2.24 bits per heavy atom. The lowest BCUT2D eigenvalue weighted by Crippen LogP contribution is -2.64. The topological polar surface area (TPSA) is 120 Å². The Morgan fingerprint density at radius 1 is 0.971 bits per heavy atom. The first kappa shape index (κ1) is 22.1. The molecule has 34 heavy (non-hydrogen) atoms. The molecule has 2 aromatic rings. The maximum atomic E-state index is 13.6. The van der Waals surface area contributed by atoms with Crippen molar-refractivity contribution in [3.63, 3.8) is 0 Å². The first-order valence-electron chi connectivity index (χ1n) is 10.7. The van der Waals surface area contributed by atoms with Crippen LogP contribution in [0.1, 0.15) is 19.4 Å². The number of hydrogen-bond acceptors (Lipinski definition) is 7. The molecule has 0 aromatic heterocycles. The number of nitrogens with two attached hydrogens (primary N) is 1. The second kappa shape index (κ2) is 7.67. The van der Waals surface area contributed by atoms with E-state index in [9.17, 15) is 18.0 Å². The summed E-state index contributed by atoms with van der Waals surface area (Å²) in [6.07, 6.45) is -0.670. The van der Waals surface area contributed by atoms with Crippen molar-refractivity contribution < 1.29 is 18.0 Å². The van der Waals surface area contributed by atoms with Crippen molar-refractivity contribution in [2.24, 2.45) is 10.1 Å². The van der Waals surface area contributed by atoms with Gasteiger partial charge in [-0.2, -0.15) is 0 Å². The molecule has 0 spiro atoms. The normalized spacial score (nSPS) is 22.4. The smallest absolute Gasteiger partial charge is 0.302 e. The zero-order chi connectivity index (χ0) is 24.4. The molecular formula is C23H24N6O4S. The lowest BCUT2D eigenvalue weighted by atomic mass is 10.1. The third-order valence-electron chi connectivity index (χ3n) is 6.50. The van der Waals surface area contributed by atoms with E-state index in [2.05, 4.69) is 0 Å². The summed E-state index contributed by atoms with van der Waals surface area (Å²) in [5, 5.41) is 5.22. The molecule has 10 nitrogen and oxygen atoms in total. The van der Waals surface area contributed by atoms with Gasteiger partial charge in [0, 0.05) is 24.1 Å². The zero-order valence-corrected chi connectivity index (χ0v) is 19.7. The van der Waals surface area contributed by atoms with Crippen molar-refractivity contribution in [3.8, 4) is 0 Å². The average molecular weight is 481 g/mol. The van der Waals surface area contributed by atoms with Crippen LogP contribution in [-0.4, -0.2) is 60.3 Å². The van der Waals surface area contributed by atoms with Gasteiger partial charge in [-0.05, 0) is 43.7 Å². The Morgan fingerprint density at radius 2 is 1.62 bits per heavy atom. The monoisotopic (exact) mass is 480 g/mol. The van der Waals surface area contributed by atoms with E-state index in [0.717, 1.165) is 17.0 Å². The number of aliphatic imine (C=N–C) groups is 1. The van der Waals surface area contributed by atoms with Gasteiger partial charge in [0.15, 0.2) is 12.2 Å². The quantitative estimate of drug-likeness (QED) is 0.713. The van der Waals surface area contributed by atoms with Crippen LogP contribution in [0.15, 0.2) is 75.9 Å². The van der Waals surface area contributed by atoms with Crippen molar-refractivity contribution >= 4 is 33.6 Å². The molecule has 0 radical (unpaired) electrons. The van der Waals surface area contributed by atoms with E-state index in [1.807, 2.05) is 54.0 Å². The first-order valence-corrected chi connectivity index (χ1v) is 12.2. The van der Waals surface area contributed by atoms with Gasteiger partial charge in [0.25, 0.3) is 5.91 Å². The van der Waals surface area contributed by atoms with Crippen LogP contribution in [-0.2, 0) is 21.4 Å². The summed E-state index contributed by atoms with van der Waals surface area (Å²) in [5.74, 6) is 0.206. The van der Waals surface area contributed by atoms with E-state index in [0.29, 0.717) is 11.6 Å². The standard InChI is InChI=1S/C23H24N6O4S/c1-14-15(2)29-19-20(25-22(29)28(14)17-9-11-18(12-10-17)34(24,32)33)26(3)23(31)27(21(19)30)13-16-7-5-4-6-8-16/h4-12,19-20H,13H2,1-3H3,(H2,24,32,33). The van der Waals surface area contributed by atoms with Crippen LogP contribution in [0.2, 0.25) is 0 Å². The van der Waals surface area contributed by atoms with Gasteiger partial charge in [-0.25, -0.2) is 23.3 Å². The van der Waals surface area contributed by atoms with Gasteiger partial charge in [-0.1, -0.05) is 30.3 Å². The van der Waals surface area contributed by atoms with Crippen LogP contribution in [0.4, 0.5) is 10.5 Å². The summed E-state index contributed by atoms with van der Waals surface area (Å²) in [5.41, 5.74) is 3.21. The van der Waals surface area contributed by atoms with Gasteiger partial charge in [0.2, 0.25) is 16.0 Å². The summed E-state index contributed by atoms with van der Waals surface area (Å²) in [7, 11) is -2.17. The zero-order valence-electron chi connectivity index (χ0n) is 18.9. The molecule has 2 unspecified atom stereocenters. The number of sulfonamides is 1. The molecule has 2 aromatic carbocycles. The van der Waals surface area contributed by atoms with Gasteiger partial charge in [0.05, 0.1) is 11.4 Å². The molecule has 11 heteroatoms. The number of anilines is 1. The SMILES string of the molecule is CC1=C(C)N2C(=NC3C2C(=O)N(Cc2ccccc2)C(=O)N3C)N1c1ccc(S(N)(=O)=O)cc1. The molecule has 0 bridgehead atoms. The van der Waals surface area contributed by atoms with E-state index in [-0.39, 0.29) is 17.3 Å². The molecule has 3 heterocycles. The lowest BCUT2D eigenvalue weighted by molar-refractivity contribution is -0.137. The Bertz CT molecular complexity index is 1350. The highest BCUT2D eigenvalue weighted by atomic mass is 32.2. The number of urea groups is 1. The molecule has 3 aliphatic rings. The number of fused-ring (bicyclic) bond motifs is 3. The van der Waals surface area contributed by atoms with Gasteiger partial charge in [0.1, 0.15) is 0 Å². The highest BCUT2D eigenvalue weighted by Gasteiger charge is 2.55. The number of nitrogens with zero attached hydrogens (tertiary/aromatic N) is 5. The van der Waals surface area contributed by atoms with E-state index in [1.165, 1.54) is 21.9 Å². The highest BCUT2D eigenvalue weighted by molar-refractivity contribution is 7.89. The lowest BCUT2D eigenvalue weighted by Gasteiger charge is -2.40.